The van der Waals surface area contributed by atoms with E-state index in [2.05, 4.69) is 5.32 Å². The van der Waals surface area contributed by atoms with Crippen LogP contribution in [0.3, 0.4) is 0 Å². The van der Waals surface area contributed by atoms with Crippen LogP contribution in [0.5, 0.6) is 5.75 Å². The zero-order valence-corrected chi connectivity index (χ0v) is 16.2. The number of hydrogen-bond acceptors (Lipinski definition) is 6. The van der Waals surface area contributed by atoms with Crippen LogP contribution in [-0.2, 0) is 14.8 Å². The van der Waals surface area contributed by atoms with Crippen molar-refractivity contribution in [2.24, 2.45) is 0 Å². The fourth-order valence-electron chi connectivity index (χ4n) is 2.63. The van der Waals surface area contributed by atoms with Gasteiger partial charge in [0.15, 0.2) is 0 Å². The van der Waals surface area contributed by atoms with Crippen molar-refractivity contribution in [1.82, 2.24) is 4.31 Å². The molecule has 1 aromatic heterocycles. The van der Waals surface area contributed by atoms with Gasteiger partial charge in [-0.3, -0.25) is 4.79 Å². The quantitative estimate of drug-likeness (QED) is 0.839. The summed E-state index contributed by atoms with van der Waals surface area (Å²) in [4.78, 5) is 13.6. The minimum atomic E-state index is -3.62. The Labute approximate surface area is 156 Å². The Hall–Kier alpha value is -1.94. The van der Waals surface area contributed by atoms with Gasteiger partial charge in [0, 0.05) is 23.7 Å². The first-order chi connectivity index (χ1) is 12.4. The highest BCUT2D eigenvalue weighted by molar-refractivity contribution is 7.89. The first-order valence-corrected chi connectivity index (χ1v) is 10.3. The molecule has 1 aromatic carbocycles. The molecule has 1 fully saturated rings. The summed E-state index contributed by atoms with van der Waals surface area (Å²) in [5.41, 5.74) is 0.611. The van der Waals surface area contributed by atoms with Gasteiger partial charge in [0.2, 0.25) is 10.0 Å². The van der Waals surface area contributed by atoms with E-state index in [-0.39, 0.29) is 10.8 Å². The molecule has 0 bridgehead atoms. The standard InChI is InChI=1S/C17H20N2O5S2/c1-12-16(26(21,22)19-7-9-24-10-8-19)11-15(25-12)17(20)18-13-3-5-14(23-2)6-4-13/h3-6,11H,7-10H2,1-2H3,(H,18,20). The topological polar surface area (TPSA) is 84.9 Å². The van der Waals surface area contributed by atoms with Gasteiger partial charge in [0.05, 0.1) is 30.1 Å². The van der Waals surface area contributed by atoms with E-state index in [0.29, 0.717) is 47.5 Å². The number of anilines is 1. The van der Waals surface area contributed by atoms with Gasteiger partial charge in [-0.1, -0.05) is 0 Å². The fourth-order valence-corrected chi connectivity index (χ4v) is 5.49. The maximum atomic E-state index is 12.8. The minimum Gasteiger partial charge on any atom is -0.497 e. The third-order valence-corrected chi connectivity index (χ3v) is 7.24. The van der Waals surface area contributed by atoms with Gasteiger partial charge in [-0.15, -0.1) is 11.3 Å². The van der Waals surface area contributed by atoms with Gasteiger partial charge in [0.25, 0.3) is 5.91 Å². The van der Waals surface area contributed by atoms with Crippen LogP contribution < -0.4 is 10.1 Å². The predicted octanol–water partition coefficient (Wildman–Crippen LogP) is 2.34. The first kappa shape index (κ1) is 18.8. The lowest BCUT2D eigenvalue weighted by atomic mass is 10.3. The summed E-state index contributed by atoms with van der Waals surface area (Å²) >= 11 is 1.17. The van der Waals surface area contributed by atoms with E-state index in [1.807, 2.05) is 0 Å². The molecule has 0 saturated carbocycles. The van der Waals surface area contributed by atoms with E-state index >= 15 is 0 Å². The number of methoxy groups -OCH3 is 1. The Balaban J connectivity index is 1.79. The Morgan fingerprint density at radius 1 is 1.23 bits per heavy atom. The summed E-state index contributed by atoms with van der Waals surface area (Å²) in [7, 11) is -2.05. The number of benzene rings is 1. The van der Waals surface area contributed by atoms with Gasteiger partial charge < -0.3 is 14.8 Å². The van der Waals surface area contributed by atoms with Gasteiger partial charge in [-0.05, 0) is 37.3 Å². The van der Waals surface area contributed by atoms with Crippen molar-refractivity contribution < 1.29 is 22.7 Å². The summed E-state index contributed by atoms with van der Waals surface area (Å²) in [5.74, 6) is 0.348. The van der Waals surface area contributed by atoms with Crippen molar-refractivity contribution in [3.63, 3.8) is 0 Å². The zero-order chi connectivity index (χ0) is 18.7. The van der Waals surface area contributed by atoms with Gasteiger partial charge in [0.1, 0.15) is 5.75 Å². The smallest absolute Gasteiger partial charge is 0.265 e. The maximum Gasteiger partial charge on any atom is 0.265 e. The van der Waals surface area contributed by atoms with Crippen molar-refractivity contribution >= 4 is 33.0 Å². The number of carbonyl (C=O) groups excluding carboxylic acids is 1. The number of hydrogen-bond donors (Lipinski definition) is 1. The average Bonchev–Trinajstić information content (AvgIpc) is 3.06. The number of thiophene rings is 1. The highest BCUT2D eigenvalue weighted by Gasteiger charge is 2.30. The summed E-state index contributed by atoms with van der Waals surface area (Å²) in [6.45, 7) is 3.12. The third-order valence-electron chi connectivity index (χ3n) is 4.03. The number of amides is 1. The van der Waals surface area contributed by atoms with Crippen LogP contribution in [0.4, 0.5) is 5.69 Å². The van der Waals surface area contributed by atoms with Crippen LogP contribution >= 0.6 is 11.3 Å². The Bertz CT molecular complexity index is 884. The first-order valence-electron chi connectivity index (χ1n) is 8.05. The van der Waals surface area contributed by atoms with E-state index in [1.165, 1.54) is 21.7 Å². The van der Waals surface area contributed by atoms with Crippen molar-refractivity contribution in [2.75, 3.05) is 38.7 Å². The van der Waals surface area contributed by atoms with Crippen molar-refractivity contribution in [2.45, 2.75) is 11.8 Å². The third kappa shape index (κ3) is 3.90. The zero-order valence-electron chi connectivity index (χ0n) is 14.5. The van der Waals surface area contributed by atoms with E-state index in [9.17, 15) is 13.2 Å². The molecule has 140 valence electrons. The molecule has 26 heavy (non-hydrogen) atoms. The molecule has 0 spiro atoms. The van der Waals surface area contributed by atoms with Gasteiger partial charge in [-0.2, -0.15) is 4.31 Å². The lowest BCUT2D eigenvalue weighted by Gasteiger charge is -2.25. The molecule has 7 nitrogen and oxygen atoms in total. The summed E-state index contributed by atoms with van der Waals surface area (Å²) < 4.78 is 37.3. The highest BCUT2D eigenvalue weighted by atomic mass is 32.2. The van der Waals surface area contributed by atoms with Crippen LogP contribution in [0, 0.1) is 6.92 Å². The van der Waals surface area contributed by atoms with E-state index in [1.54, 1.807) is 38.3 Å². The molecule has 1 saturated heterocycles. The Morgan fingerprint density at radius 2 is 1.88 bits per heavy atom. The summed E-state index contributed by atoms with van der Waals surface area (Å²) in [6.07, 6.45) is 0. The molecule has 1 aliphatic heterocycles. The van der Waals surface area contributed by atoms with Crippen LogP contribution in [0.15, 0.2) is 35.2 Å². The largest absolute Gasteiger partial charge is 0.497 e. The number of ether oxygens (including phenoxy) is 2. The normalized spacial score (nSPS) is 15.6. The molecular formula is C17H20N2O5S2. The highest BCUT2D eigenvalue weighted by Crippen LogP contribution is 2.29. The molecule has 0 atom stereocenters. The molecule has 0 unspecified atom stereocenters. The Morgan fingerprint density at radius 3 is 2.50 bits per heavy atom. The second-order valence-corrected chi connectivity index (χ2v) is 8.89. The number of sulfonamides is 1. The van der Waals surface area contributed by atoms with Crippen molar-refractivity contribution in [1.29, 1.82) is 0 Å². The average molecular weight is 396 g/mol. The lowest BCUT2D eigenvalue weighted by molar-refractivity contribution is 0.0730. The minimum absolute atomic E-state index is 0.185. The number of carbonyl (C=O) groups is 1. The van der Waals surface area contributed by atoms with Crippen LogP contribution in [0.2, 0.25) is 0 Å². The van der Waals surface area contributed by atoms with Crippen LogP contribution in [0.1, 0.15) is 14.5 Å². The number of rotatable bonds is 5. The Kier molecular flexibility index (Phi) is 5.61. The molecule has 1 aliphatic rings. The predicted molar refractivity (Wildman–Crippen MR) is 99.6 cm³/mol. The fraction of sp³-hybridized carbons (Fsp3) is 0.353. The van der Waals surface area contributed by atoms with Crippen molar-refractivity contribution in [3.05, 3.63) is 40.1 Å². The lowest BCUT2D eigenvalue weighted by Crippen LogP contribution is -2.40. The molecule has 1 N–H and O–H groups in total. The monoisotopic (exact) mass is 396 g/mol. The van der Waals surface area contributed by atoms with E-state index in [4.69, 9.17) is 9.47 Å². The number of aryl methyl sites for hydroxylation is 1. The van der Waals surface area contributed by atoms with Crippen molar-refractivity contribution in [3.8, 4) is 5.75 Å². The summed E-state index contributed by atoms with van der Waals surface area (Å²) in [6, 6.07) is 8.38. The summed E-state index contributed by atoms with van der Waals surface area (Å²) in [5, 5.41) is 2.77. The van der Waals surface area contributed by atoms with E-state index in [0.717, 1.165) is 0 Å². The molecule has 3 rings (SSSR count). The van der Waals surface area contributed by atoms with E-state index < -0.39 is 10.0 Å². The molecule has 1 amide bonds. The molecule has 2 heterocycles. The van der Waals surface area contributed by atoms with Gasteiger partial charge in [-0.25, -0.2) is 8.42 Å². The molecule has 9 heteroatoms. The second kappa shape index (κ2) is 7.75. The number of nitrogens with zero attached hydrogens (tertiary/aromatic N) is 1. The SMILES string of the molecule is COc1ccc(NC(=O)c2cc(S(=O)(=O)N3CCOCC3)c(C)s2)cc1. The van der Waals surface area contributed by atoms with Crippen LogP contribution in [0.25, 0.3) is 0 Å². The van der Waals surface area contributed by atoms with Gasteiger partial charge >= 0.3 is 0 Å². The van der Waals surface area contributed by atoms with Crippen LogP contribution in [-0.4, -0.2) is 52.0 Å². The molecule has 0 aliphatic carbocycles. The number of morpholine rings is 1. The second-order valence-electron chi connectivity index (χ2n) is 5.73. The molecule has 0 radical (unpaired) electrons. The maximum absolute atomic E-state index is 12.8. The molecular weight excluding hydrogens is 376 g/mol. The number of nitrogens with one attached hydrogen (secondary N) is 1. The molecule has 2 aromatic rings.